The van der Waals surface area contributed by atoms with Crippen LogP contribution in [0.3, 0.4) is 0 Å². The number of hydrogen-bond acceptors (Lipinski definition) is 5. The molecule has 0 radical (unpaired) electrons. The third-order valence-corrected chi connectivity index (χ3v) is 4.75. The summed E-state index contributed by atoms with van der Waals surface area (Å²) in [7, 11) is 0. The van der Waals surface area contributed by atoms with E-state index in [2.05, 4.69) is 5.32 Å². The number of non-ortho nitro benzene ring substituents is 1. The maximum atomic E-state index is 13.4. The van der Waals surface area contributed by atoms with E-state index in [0.29, 0.717) is 34.9 Å². The van der Waals surface area contributed by atoms with Gasteiger partial charge in [-0.2, -0.15) is 0 Å². The first kappa shape index (κ1) is 18.5. The maximum absolute atomic E-state index is 13.4. The number of para-hydroxylation sites is 1. The Hall–Kier alpha value is -3.87. The summed E-state index contributed by atoms with van der Waals surface area (Å²) in [6, 6.07) is 20.8. The van der Waals surface area contributed by atoms with Gasteiger partial charge in [0.05, 0.1) is 17.1 Å². The fraction of sp³-hybridized carbons (Fsp3) is 0.136. The first-order valence-electron chi connectivity index (χ1n) is 9.25. The number of ether oxygens (including phenoxy) is 1. The molecular weight excluding hydrogens is 370 g/mol. The summed E-state index contributed by atoms with van der Waals surface area (Å²) < 4.78 is 5.49. The van der Waals surface area contributed by atoms with Gasteiger partial charge in [0.15, 0.2) is 0 Å². The lowest BCUT2D eigenvalue weighted by atomic mass is 10.0. The van der Waals surface area contributed by atoms with Crippen LogP contribution in [0.4, 0.5) is 17.1 Å². The van der Waals surface area contributed by atoms with Gasteiger partial charge in [-0.25, -0.2) is 0 Å². The topological polar surface area (TPSA) is 84.7 Å². The highest BCUT2D eigenvalue weighted by Gasteiger charge is 2.34. The Morgan fingerprint density at radius 1 is 1.07 bits per heavy atom. The van der Waals surface area contributed by atoms with E-state index in [0.717, 1.165) is 0 Å². The molecule has 0 fully saturated rings. The van der Waals surface area contributed by atoms with Crippen molar-refractivity contribution in [2.24, 2.45) is 0 Å². The molecule has 29 heavy (non-hydrogen) atoms. The number of rotatable bonds is 5. The number of nitro groups is 1. The van der Waals surface area contributed by atoms with Crippen molar-refractivity contribution in [2.75, 3.05) is 16.8 Å². The second-order valence-electron chi connectivity index (χ2n) is 6.55. The second kappa shape index (κ2) is 7.63. The molecule has 3 aromatic carbocycles. The molecule has 7 nitrogen and oxygen atoms in total. The zero-order valence-electron chi connectivity index (χ0n) is 15.7. The summed E-state index contributed by atoms with van der Waals surface area (Å²) in [6.45, 7) is 2.45. The number of fused-ring (bicyclic) bond motifs is 1. The number of benzene rings is 3. The van der Waals surface area contributed by atoms with Crippen LogP contribution in [-0.2, 0) is 0 Å². The highest BCUT2D eigenvalue weighted by Crippen LogP contribution is 2.37. The number of nitrogens with one attached hydrogen (secondary N) is 1. The molecule has 1 aliphatic heterocycles. The molecular formula is C22H19N3O4. The van der Waals surface area contributed by atoms with Crippen molar-refractivity contribution in [3.8, 4) is 5.75 Å². The van der Waals surface area contributed by atoms with Crippen LogP contribution in [0, 0.1) is 10.1 Å². The molecule has 0 saturated heterocycles. The third-order valence-electron chi connectivity index (χ3n) is 4.75. The fourth-order valence-corrected chi connectivity index (χ4v) is 3.43. The molecule has 7 heteroatoms. The van der Waals surface area contributed by atoms with Crippen LogP contribution in [0.15, 0.2) is 72.8 Å². The van der Waals surface area contributed by atoms with Crippen LogP contribution in [0.1, 0.15) is 29.0 Å². The van der Waals surface area contributed by atoms with Crippen LogP contribution >= 0.6 is 0 Å². The normalized spacial score (nSPS) is 15.4. The van der Waals surface area contributed by atoms with Gasteiger partial charge < -0.3 is 10.1 Å². The van der Waals surface area contributed by atoms with Gasteiger partial charge in [-0.1, -0.05) is 24.3 Å². The van der Waals surface area contributed by atoms with E-state index < -0.39 is 11.1 Å². The third kappa shape index (κ3) is 3.50. The SMILES string of the molecule is CCOc1ccc(N2C(=O)c3ccccc3NC2c2cccc([N+](=O)[O-])c2)cc1. The van der Waals surface area contributed by atoms with Gasteiger partial charge in [-0.3, -0.25) is 19.8 Å². The van der Waals surface area contributed by atoms with Crippen molar-refractivity contribution < 1.29 is 14.5 Å². The molecule has 0 bridgehead atoms. The Morgan fingerprint density at radius 3 is 2.55 bits per heavy atom. The van der Waals surface area contributed by atoms with Gasteiger partial charge in [0.1, 0.15) is 11.9 Å². The highest BCUT2D eigenvalue weighted by molar-refractivity contribution is 6.12. The number of carbonyl (C=O) groups is 1. The van der Waals surface area contributed by atoms with Gasteiger partial charge in [-0.05, 0) is 43.3 Å². The van der Waals surface area contributed by atoms with E-state index in [4.69, 9.17) is 4.74 Å². The van der Waals surface area contributed by atoms with E-state index in [1.54, 1.807) is 35.2 Å². The lowest BCUT2D eigenvalue weighted by molar-refractivity contribution is -0.384. The first-order valence-corrected chi connectivity index (χ1v) is 9.25. The quantitative estimate of drug-likeness (QED) is 0.502. The zero-order chi connectivity index (χ0) is 20.4. The van der Waals surface area contributed by atoms with Gasteiger partial charge in [-0.15, -0.1) is 0 Å². The van der Waals surface area contributed by atoms with Gasteiger partial charge in [0, 0.05) is 29.1 Å². The van der Waals surface area contributed by atoms with Crippen molar-refractivity contribution in [3.05, 3.63) is 94.0 Å². The molecule has 1 N–H and O–H groups in total. The predicted molar refractivity (Wildman–Crippen MR) is 110 cm³/mol. The lowest BCUT2D eigenvalue weighted by Crippen LogP contribution is -2.43. The summed E-state index contributed by atoms with van der Waals surface area (Å²) in [5.74, 6) is 0.529. The van der Waals surface area contributed by atoms with Gasteiger partial charge in [0.25, 0.3) is 11.6 Å². The van der Waals surface area contributed by atoms with E-state index in [1.165, 1.54) is 12.1 Å². The van der Waals surface area contributed by atoms with Crippen LogP contribution in [0.25, 0.3) is 0 Å². The molecule has 1 aliphatic rings. The summed E-state index contributed by atoms with van der Waals surface area (Å²) >= 11 is 0. The smallest absolute Gasteiger partial charge is 0.269 e. The van der Waals surface area contributed by atoms with E-state index in [1.807, 2.05) is 37.3 Å². The fourth-order valence-electron chi connectivity index (χ4n) is 3.43. The summed E-state index contributed by atoms with van der Waals surface area (Å²) in [6.07, 6.45) is -0.588. The van der Waals surface area contributed by atoms with Crippen LogP contribution in [0.5, 0.6) is 5.75 Å². The largest absolute Gasteiger partial charge is 0.494 e. The van der Waals surface area contributed by atoms with Crippen molar-refractivity contribution >= 4 is 23.0 Å². The Kier molecular flexibility index (Phi) is 4.87. The monoisotopic (exact) mass is 389 g/mol. The van der Waals surface area contributed by atoms with Crippen molar-refractivity contribution in [2.45, 2.75) is 13.1 Å². The Bertz CT molecular complexity index is 1070. The number of nitrogens with zero attached hydrogens (tertiary/aromatic N) is 2. The number of carbonyl (C=O) groups excluding carboxylic acids is 1. The Morgan fingerprint density at radius 2 is 1.83 bits per heavy atom. The van der Waals surface area contributed by atoms with Gasteiger partial charge in [0.2, 0.25) is 0 Å². The average Bonchev–Trinajstić information content (AvgIpc) is 2.75. The minimum atomic E-state index is -0.588. The van der Waals surface area contributed by atoms with Gasteiger partial charge >= 0.3 is 0 Å². The number of nitro benzene ring substituents is 1. The molecule has 3 aromatic rings. The number of hydrogen-bond donors (Lipinski definition) is 1. The van der Waals surface area contributed by atoms with E-state index >= 15 is 0 Å². The van der Waals surface area contributed by atoms with E-state index in [9.17, 15) is 14.9 Å². The Balaban J connectivity index is 1.81. The summed E-state index contributed by atoms with van der Waals surface area (Å²) in [5.41, 5.74) is 2.49. The minimum Gasteiger partial charge on any atom is -0.494 e. The van der Waals surface area contributed by atoms with Crippen molar-refractivity contribution in [1.29, 1.82) is 0 Å². The van der Waals surface area contributed by atoms with Crippen molar-refractivity contribution in [1.82, 2.24) is 0 Å². The van der Waals surface area contributed by atoms with Crippen molar-refractivity contribution in [3.63, 3.8) is 0 Å². The standard InChI is InChI=1S/C22H19N3O4/c1-2-29-18-12-10-16(11-13-18)24-21(15-6-5-7-17(14-15)25(27)28)23-20-9-4-3-8-19(20)22(24)26/h3-14,21,23H,2H2,1H3. The van der Waals surface area contributed by atoms with E-state index in [-0.39, 0.29) is 11.6 Å². The first-order chi connectivity index (χ1) is 14.1. The Labute approximate surface area is 167 Å². The molecule has 0 saturated carbocycles. The lowest BCUT2D eigenvalue weighted by Gasteiger charge is -2.38. The molecule has 146 valence electrons. The molecule has 0 aromatic heterocycles. The second-order valence-corrected chi connectivity index (χ2v) is 6.55. The molecule has 0 aliphatic carbocycles. The van der Waals surface area contributed by atoms with Crippen LogP contribution in [0.2, 0.25) is 0 Å². The highest BCUT2D eigenvalue weighted by atomic mass is 16.6. The summed E-state index contributed by atoms with van der Waals surface area (Å²) in [5, 5.41) is 14.6. The molecule has 1 heterocycles. The minimum absolute atomic E-state index is 0.0257. The van der Waals surface area contributed by atoms with Crippen LogP contribution in [-0.4, -0.2) is 17.4 Å². The average molecular weight is 389 g/mol. The summed E-state index contributed by atoms with van der Waals surface area (Å²) in [4.78, 5) is 25.8. The zero-order valence-corrected chi connectivity index (χ0v) is 15.7. The molecule has 1 unspecified atom stereocenters. The maximum Gasteiger partial charge on any atom is 0.269 e. The predicted octanol–water partition coefficient (Wildman–Crippen LogP) is 4.76. The molecule has 4 rings (SSSR count). The molecule has 1 amide bonds. The number of amides is 1. The number of anilines is 2. The van der Waals surface area contributed by atoms with Crippen LogP contribution < -0.4 is 15.0 Å². The molecule has 1 atom stereocenters. The molecule has 0 spiro atoms.